The smallest absolute Gasteiger partial charge is 0.318 e. The summed E-state index contributed by atoms with van der Waals surface area (Å²) in [6.07, 6.45) is 10.6. The predicted molar refractivity (Wildman–Crippen MR) is 80.2 cm³/mol. The summed E-state index contributed by atoms with van der Waals surface area (Å²) < 4.78 is 5.54. The highest BCUT2D eigenvalue weighted by atomic mass is 16.5. The summed E-state index contributed by atoms with van der Waals surface area (Å²) in [6, 6.07) is 4.72. The first-order valence-corrected chi connectivity index (χ1v) is 7.93. The number of rotatable bonds is 6. The van der Waals surface area contributed by atoms with Gasteiger partial charge in [-0.3, -0.25) is 4.98 Å². The van der Waals surface area contributed by atoms with Crippen molar-refractivity contribution in [3.8, 4) is 5.75 Å². The lowest BCUT2D eigenvalue weighted by molar-refractivity contribution is 0.168. The van der Waals surface area contributed by atoms with E-state index in [2.05, 4.69) is 15.2 Å². The van der Waals surface area contributed by atoms with E-state index >= 15 is 0 Å². The minimum absolute atomic E-state index is 0.0826. The van der Waals surface area contributed by atoms with Crippen molar-refractivity contribution in [3.63, 3.8) is 0 Å². The maximum Gasteiger partial charge on any atom is 0.318 e. The number of pyridine rings is 1. The Labute approximate surface area is 125 Å². The van der Waals surface area contributed by atoms with Crippen molar-refractivity contribution in [1.29, 1.82) is 0 Å². The van der Waals surface area contributed by atoms with E-state index in [1.165, 1.54) is 12.8 Å². The van der Waals surface area contributed by atoms with Gasteiger partial charge in [-0.2, -0.15) is 0 Å². The Morgan fingerprint density at radius 1 is 1.29 bits per heavy atom. The van der Waals surface area contributed by atoms with Crippen LogP contribution in [0.4, 0.5) is 4.79 Å². The molecular formula is C16H23N3O2. The van der Waals surface area contributed by atoms with Crippen molar-refractivity contribution < 1.29 is 9.53 Å². The molecule has 2 saturated carbocycles. The number of hydrogen-bond acceptors (Lipinski definition) is 3. The van der Waals surface area contributed by atoms with Gasteiger partial charge in [0.2, 0.25) is 0 Å². The van der Waals surface area contributed by atoms with Crippen LogP contribution in [0.15, 0.2) is 24.5 Å². The van der Waals surface area contributed by atoms with E-state index < -0.39 is 0 Å². The number of carbonyl (C=O) groups excluding carboxylic acids is 1. The molecule has 0 radical (unpaired) electrons. The molecule has 3 rings (SSSR count). The third kappa shape index (κ3) is 3.86. The lowest BCUT2D eigenvalue weighted by atomic mass is 10.2. The van der Waals surface area contributed by atoms with Crippen molar-refractivity contribution in [3.05, 3.63) is 24.5 Å². The van der Waals surface area contributed by atoms with E-state index in [4.69, 9.17) is 4.74 Å². The van der Waals surface area contributed by atoms with Gasteiger partial charge >= 0.3 is 6.03 Å². The van der Waals surface area contributed by atoms with Gasteiger partial charge in [-0.1, -0.05) is 12.8 Å². The number of ether oxygens (including phenoxy) is 1. The molecular weight excluding hydrogens is 266 g/mol. The van der Waals surface area contributed by atoms with Gasteiger partial charge in [0.25, 0.3) is 0 Å². The first-order valence-electron chi connectivity index (χ1n) is 7.93. The molecule has 5 heteroatoms. The van der Waals surface area contributed by atoms with Gasteiger partial charge in [-0.25, -0.2) is 4.79 Å². The highest BCUT2D eigenvalue weighted by molar-refractivity contribution is 5.75. The maximum absolute atomic E-state index is 12.4. The van der Waals surface area contributed by atoms with Crippen LogP contribution in [0.1, 0.15) is 38.5 Å². The van der Waals surface area contributed by atoms with E-state index in [0.29, 0.717) is 25.2 Å². The number of carbonyl (C=O) groups is 1. The van der Waals surface area contributed by atoms with Gasteiger partial charge in [0, 0.05) is 18.3 Å². The summed E-state index contributed by atoms with van der Waals surface area (Å²) >= 11 is 0. The van der Waals surface area contributed by atoms with E-state index in [9.17, 15) is 4.79 Å². The second-order valence-corrected chi connectivity index (χ2v) is 5.85. The van der Waals surface area contributed by atoms with Gasteiger partial charge in [-0.05, 0) is 37.8 Å². The molecule has 0 aromatic carbocycles. The van der Waals surface area contributed by atoms with Crippen LogP contribution in [0.3, 0.4) is 0 Å². The fourth-order valence-electron chi connectivity index (χ4n) is 3.02. The molecule has 0 bridgehead atoms. The zero-order chi connectivity index (χ0) is 14.5. The molecule has 1 heterocycles. The Balaban J connectivity index is 1.42. The maximum atomic E-state index is 12.4. The lowest BCUT2D eigenvalue weighted by Gasteiger charge is -2.29. The van der Waals surface area contributed by atoms with E-state index in [1.807, 2.05) is 12.1 Å². The van der Waals surface area contributed by atoms with Crippen LogP contribution in [-0.2, 0) is 0 Å². The third-order valence-electron chi connectivity index (χ3n) is 4.17. The Kier molecular flexibility index (Phi) is 4.58. The number of aromatic nitrogens is 1. The highest BCUT2D eigenvalue weighted by Gasteiger charge is 2.38. The molecule has 21 heavy (non-hydrogen) atoms. The van der Waals surface area contributed by atoms with Gasteiger partial charge in [0.15, 0.2) is 0 Å². The van der Waals surface area contributed by atoms with Crippen molar-refractivity contribution in [2.45, 2.75) is 50.6 Å². The van der Waals surface area contributed by atoms with Crippen molar-refractivity contribution in [2.75, 3.05) is 13.2 Å². The van der Waals surface area contributed by atoms with E-state index in [1.54, 1.807) is 12.4 Å². The lowest BCUT2D eigenvalue weighted by Crippen LogP contribution is -2.47. The van der Waals surface area contributed by atoms with Crippen molar-refractivity contribution in [2.24, 2.45) is 0 Å². The van der Waals surface area contributed by atoms with Gasteiger partial charge in [0.1, 0.15) is 12.4 Å². The monoisotopic (exact) mass is 289 g/mol. The minimum atomic E-state index is 0.0826. The molecule has 2 aliphatic rings. The van der Waals surface area contributed by atoms with Gasteiger partial charge in [-0.15, -0.1) is 0 Å². The van der Waals surface area contributed by atoms with Gasteiger partial charge in [0.05, 0.1) is 12.7 Å². The predicted octanol–water partition coefficient (Wildman–Crippen LogP) is 2.58. The third-order valence-corrected chi connectivity index (χ3v) is 4.17. The summed E-state index contributed by atoms with van der Waals surface area (Å²) in [5.74, 6) is 0.738. The van der Waals surface area contributed by atoms with Crippen LogP contribution >= 0.6 is 0 Å². The summed E-state index contributed by atoms with van der Waals surface area (Å²) in [6.45, 7) is 1.00. The van der Waals surface area contributed by atoms with E-state index in [0.717, 1.165) is 31.4 Å². The fourth-order valence-corrected chi connectivity index (χ4v) is 3.02. The van der Waals surface area contributed by atoms with Gasteiger partial charge < -0.3 is 15.0 Å². The quantitative estimate of drug-likeness (QED) is 0.819. The minimum Gasteiger partial charge on any atom is -0.490 e. The standard InChI is InChI=1S/C16H23N3O2/c20-16(18-10-11-21-15-6-3-9-17-12-15)19(14-7-8-14)13-4-1-2-5-13/h3,6,9,12-14H,1-2,4-5,7-8,10-11H2,(H,18,20). The second kappa shape index (κ2) is 6.78. The van der Waals surface area contributed by atoms with Crippen LogP contribution in [0.2, 0.25) is 0 Å². The first-order chi connectivity index (χ1) is 10.3. The van der Waals surface area contributed by atoms with Crippen LogP contribution < -0.4 is 10.1 Å². The largest absolute Gasteiger partial charge is 0.490 e. The van der Waals surface area contributed by atoms with Crippen LogP contribution in [0.25, 0.3) is 0 Å². The molecule has 0 aliphatic heterocycles. The zero-order valence-corrected chi connectivity index (χ0v) is 12.3. The average molecular weight is 289 g/mol. The number of hydrogen-bond donors (Lipinski definition) is 1. The van der Waals surface area contributed by atoms with Crippen LogP contribution in [0, 0.1) is 0 Å². The van der Waals surface area contributed by atoms with Crippen molar-refractivity contribution >= 4 is 6.03 Å². The number of amides is 2. The molecule has 0 saturated heterocycles. The number of nitrogens with zero attached hydrogens (tertiary/aromatic N) is 2. The van der Waals surface area contributed by atoms with Crippen LogP contribution in [0.5, 0.6) is 5.75 Å². The molecule has 1 N–H and O–H groups in total. The first kappa shape index (κ1) is 14.2. The summed E-state index contributed by atoms with van der Waals surface area (Å²) in [5.41, 5.74) is 0. The zero-order valence-electron chi connectivity index (χ0n) is 12.3. The fraction of sp³-hybridized carbons (Fsp3) is 0.625. The molecule has 114 valence electrons. The second-order valence-electron chi connectivity index (χ2n) is 5.85. The Morgan fingerprint density at radius 2 is 2.05 bits per heavy atom. The molecule has 1 aromatic rings. The summed E-state index contributed by atoms with van der Waals surface area (Å²) in [4.78, 5) is 18.5. The molecule has 0 unspecified atom stereocenters. The molecule has 0 spiro atoms. The number of urea groups is 1. The molecule has 2 aliphatic carbocycles. The van der Waals surface area contributed by atoms with Crippen LogP contribution in [-0.4, -0.2) is 41.2 Å². The molecule has 1 aromatic heterocycles. The Morgan fingerprint density at radius 3 is 2.71 bits per heavy atom. The summed E-state index contributed by atoms with van der Waals surface area (Å²) in [7, 11) is 0. The summed E-state index contributed by atoms with van der Waals surface area (Å²) in [5, 5.41) is 2.99. The SMILES string of the molecule is O=C(NCCOc1cccnc1)N(C1CCCC1)C1CC1. The normalized spacial score (nSPS) is 18.5. The molecule has 2 fully saturated rings. The van der Waals surface area contributed by atoms with E-state index in [-0.39, 0.29) is 6.03 Å². The molecule has 0 atom stereocenters. The Hall–Kier alpha value is -1.78. The number of nitrogens with one attached hydrogen (secondary N) is 1. The highest BCUT2D eigenvalue weighted by Crippen LogP contribution is 2.34. The molecule has 2 amide bonds. The van der Waals surface area contributed by atoms with Crippen molar-refractivity contribution in [1.82, 2.24) is 15.2 Å². The Bertz CT molecular complexity index is 456. The topological polar surface area (TPSA) is 54.5 Å². The molecule has 5 nitrogen and oxygen atoms in total. The average Bonchev–Trinajstić information content (AvgIpc) is 3.19.